The Balaban J connectivity index is 2.26. The van der Waals surface area contributed by atoms with Crippen LogP contribution in [0.4, 0.5) is 0 Å². The third kappa shape index (κ3) is 4.18. The molecule has 0 fully saturated rings. The van der Waals surface area contributed by atoms with E-state index < -0.39 is 0 Å². The Morgan fingerprint density at radius 2 is 2.13 bits per heavy atom. The smallest absolute Gasteiger partial charge is 0.253 e. The first-order valence-electron chi connectivity index (χ1n) is 7.84. The van der Waals surface area contributed by atoms with E-state index in [1.165, 1.54) is 0 Å². The summed E-state index contributed by atoms with van der Waals surface area (Å²) in [5.41, 5.74) is 9.18. The van der Waals surface area contributed by atoms with Gasteiger partial charge in [0.1, 0.15) is 0 Å². The van der Waals surface area contributed by atoms with Crippen LogP contribution in [0.3, 0.4) is 0 Å². The van der Waals surface area contributed by atoms with Gasteiger partial charge in [-0.25, -0.2) is 0 Å². The average molecular weight is 315 g/mol. The first-order chi connectivity index (χ1) is 11.1. The molecule has 0 unspecified atom stereocenters. The van der Waals surface area contributed by atoms with Crippen LogP contribution in [0.2, 0.25) is 0 Å². The van der Waals surface area contributed by atoms with Gasteiger partial charge in [-0.2, -0.15) is 5.10 Å². The van der Waals surface area contributed by atoms with Crippen molar-refractivity contribution >= 4 is 5.91 Å². The number of nitrogens with one attached hydrogen (secondary N) is 1. The molecule has 124 valence electrons. The van der Waals surface area contributed by atoms with Crippen LogP contribution in [-0.2, 0) is 6.54 Å². The van der Waals surface area contributed by atoms with Crippen molar-refractivity contribution in [3.63, 3.8) is 0 Å². The van der Waals surface area contributed by atoms with Crippen molar-refractivity contribution < 1.29 is 4.79 Å². The number of likely N-dealkylation sites (N-methyl/N-ethyl adjacent to an activating group) is 1. The molecule has 2 rings (SSSR count). The maximum Gasteiger partial charge on any atom is 0.253 e. The molecule has 0 saturated carbocycles. The van der Waals surface area contributed by atoms with Crippen LogP contribution in [0.5, 0.6) is 0 Å². The lowest BCUT2D eigenvalue weighted by atomic mass is 10.0. The van der Waals surface area contributed by atoms with Crippen LogP contribution in [0.1, 0.15) is 22.8 Å². The van der Waals surface area contributed by atoms with Gasteiger partial charge in [0, 0.05) is 56.1 Å². The number of rotatable bonds is 7. The van der Waals surface area contributed by atoms with Crippen LogP contribution >= 0.6 is 0 Å². The lowest BCUT2D eigenvalue weighted by Crippen LogP contribution is -2.26. The van der Waals surface area contributed by atoms with Crippen LogP contribution in [-0.4, -0.2) is 59.6 Å². The number of nitrogens with zero attached hydrogens (tertiary/aromatic N) is 3. The topological polar surface area (TPSA) is 78.2 Å². The average Bonchev–Trinajstić information content (AvgIpc) is 3.01. The van der Waals surface area contributed by atoms with E-state index >= 15 is 0 Å². The standard InChI is InChI=1S/C17H25N5O/c1-4-22(3)17(23)14-7-5-6-13(10-14)16-15(11-19-20-16)12-21(2)9-8-18/h5-7,10-11H,4,8-9,12,18H2,1-3H3,(H,19,20). The molecule has 0 atom stereocenters. The molecule has 1 aromatic heterocycles. The minimum atomic E-state index is 0.0201. The summed E-state index contributed by atoms with van der Waals surface area (Å²) in [7, 11) is 3.83. The number of nitrogens with two attached hydrogens (primary N) is 1. The number of aromatic nitrogens is 2. The second-order valence-corrected chi connectivity index (χ2v) is 5.69. The number of carbonyl (C=O) groups excluding carboxylic acids is 1. The Labute approximate surface area is 137 Å². The largest absolute Gasteiger partial charge is 0.342 e. The van der Waals surface area contributed by atoms with Gasteiger partial charge in [-0.1, -0.05) is 12.1 Å². The zero-order chi connectivity index (χ0) is 16.8. The predicted octanol–water partition coefficient (Wildman–Crippen LogP) is 1.56. The van der Waals surface area contributed by atoms with Gasteiger partial charge in [-0.15, -0.1) is 0 Å². The fraction of sp³-hybridized carbons (Fsp3) is 0.412. The number of carbonyl (C=O) groups is 1. The maximum absolute atomic E-state index is 12.3. The van der Waals surface area contributed by atoms with Crippen LogP contribution < -0.4 is 5.73 Å². The van der Waals surface area contributed by atoms with E-state index in [1.54, 1.807) is 11.9 Å². The zero-order valence-corrected chi connectivity index (χ0v) is 14.0. The summed E-state index contributed by atoms with van der Waals surface area (Å²) in [5, 5.41) is 7.28. The predicted molar refractivity (Wildman–Crippen MR) is 92.0 cm³/mol. The molecule has 1 amide bonds. The summed E-state index contributed by atoms with van der Waals surface area (Å²) in [6, 6.07) is 7.61. The zero-order valence-electron chi connectivity index (χ0n) is 14.0. The fourth-order valence-electron chi connectivity index (χ4n) is 2.44. The van der Waals surface area contributed by atoms with Gasteiger partial charge >= 0.3 is 0 Å². The monoisotopic (exact) mass is 315 g/mol. The quantitative estimate of drug-likeness (QED) is 0.813. The Morgan fingerprint density at radius 1 is 1.35 bits per heavy atom. The number of hydrogen-bond acceptors (Lipinski definition) is 4. The minimum absolute atomic E-state index is 0.0201. The molecule has 6 nitrogen and oxygen atoms in total. The fourth-order valence-corrected chi connectivity index (χ4v) is 2.44. The molecule has 0 aliphatic heterocycles. The summed E-state index contributed by atoms with van der Waals surface area (Å²) in [6.07, 6.45) is 1.90. The van der Waals surface area contributed by atoms with Crippen LogP contribution in [0, 0.1) is 0 Å². The van der Waals surface area contributed by atoms with Gasteiger partial charge in [-0.05, 0) is 26.1 Å². The molecule has 6 heteroatoms. The first-order valence-corrected chi connectivity index (χ1v) is 7.84. The van der Waals surface area contributed by atoms with E-state index in [4.69, 9.17) is 5.73 Å². The Morgan fingerprint density at radius 3 is 2.83 bits per heavy atom. The molecule has 2 aromatic rings. The normalized spacial score (nSPS) is 11.0. The molecule has 0 aliphatic carbocycles. The van der Waals surface area contributed by atoms with Gasteiger partial charge in [0.2, 0.25) is 0 Å². The van der Waals surface area contributed by atoms with Gasteiger partial charge in [0.15, 0.2) is 0 Å². The van der Waals surface area contributed by atoms with Crippen molar-refractivity contribution in [2.75, 3.05) is 33.7 Å². The van der Waals surface area contributed by atoms with Gasteiger partial charge < -0.3 is 15.5 Å². The van der Waals surface area contributed by atoms with E-state index in [-0.39, 0.29) is 5.91 Å². The molecule has 0 radical (unpaired) electrons. The molecular weight excluding hydrogens is 290 g/mol. The molecule has 23 heavy (non-hydrogen) atoms. The maximum atomic E-state index is 12.3. The van der Waals surface area contributed by atoms with E-state index in [0.717, 1.165) is 29.9 Å². The van der Waals surface area contributed by atoms with E-state index in [1.807, 2.05) is 44.4 Å². The summed E-state index contributed by atoms with van der Waals surface area (Å²) in [6.45, 7) is 4.85. The van der Waals surface area contributed by atoms with Crippen molar-refractivity contribution in [3.05, 3.63) is 41.6 Å². The van der Waals surface area contributed by atoms with Crippen LogP contribution in [0.15, 0.2) is 30.5 Å². The Hall–Kier alpha value is -2.18. The van der Waals surface area contributed by atoms with Crippen molar-refractivity contribution in [3.8, 4) is 11.3 Å². The van der Waals surface area contributed by atoms with E-state index in [0.29, 0.717) is 18.7 Å². The van der Waals surface area contributed by atoms with E-state index in [9.17, 15) is 4.79 Å². The van der Waals surface area contributed by atoms with Gasteiger partial charge in [-0.3, -0.25) is 9.89 Å². The van der Waals surface area contributed by atoms with Crippen molar-refractivity contribution in [1.29, 1.82) is 0 Å². The molecule has 0 spiro atoms. The van der Waals surface area contributed by atoms with Gasteiger partial charge in [0.05, 0.1) is 5.69 Å². The third-order valence-electron chi connectivity index (χ3n) is 3.87. The first kappa shape index (κ1) is 17.2. The lowest BCUT2D eigenvalue weighted by molar-refractivity contribution is 0.0802. The number of H-pyrrole nitrogens is 1. The highest BCUT2D eigenvalue weighted by atomic mass is 16.2. The Kier molecular flexibility index (Phi) is 5.90. The summed E-state index contributed by atoms with van der Waals surface area (Å²) in [5.74, 6) is 0.0201. The lowest BCUT2D eigenvalue weighted by Gasteiger charge is -2.16. The summed E-state index contributed by atoms with van der Waals surface area (Å²) >= 11 is 0. The highest BCUT2D eigenvalue weighted by molar-refractivity contribution is 5.95. The van der Waals surface area contributed by atoms with Crippen molar-refractivity contribution in [2.24, 2.45) is 5.73 Å². The number of benzene rings is 1. The second kappa shape index (κ2) is 7.89. The number of aromatic amines is 1. The summed E-state index contributed by atoms with van der Waals surface area (Å²) < 4.78 is 0. The van der Waals surface area contributed by atoms with Gasteiger partial charge in [0.25, 0.3) is 5.91 Å². The highest BCUT2D eigenvalue weighted by Crippen LogP contribution is 2.23. The summed E-state index contributed by atoms with van der Waals surface area (Å²) in [4.78, 5) is 16.2. The molecule has 1 heterocycles. The second-order valence-electron chi connectivity index (χ2n) is 5.69. The van der Waals surface area contributed by atoms with Crippen molar-refractivity contribution in [1.82, 2.24) is 20.0 Å². The molecular formula is C17H25N5O. The Bertz CT molecular complexity index is 652. The molecule has 1 aromatic carbocycles. The minimum Gasteiger partial charge on any atom is -0.342 e. The number of amides is 1. The third-order valence-corrected chi connectivity index (χ3v) is 3.87. The molecule has 0 bridgehead atoms. The SMILES string of the molecule is CCN(C)C(=O)c1cccc(-c2n[nH]cc2CN(C)CCN)c1. The van der Waals surface area contributed by atoms with E-state index in [2.05, 4.69) is 15.1 Å². The number of hydrogen-bond donors (Lipinski definition) is 2. The molecule has 0 aliphatic rings. The molecule has 3 N–H and O–H groups in total. The van der Waals surface area contributed by atoms with Crippen LogP contribution in [0.25, 0.3) is 11.3 Å². The van der Waals surface area contributed by atoms with Crippen molar-refractivity contribution in [2.45, 2.75) is 13.5 Å². The molecule has 0 saturated heterocycles. The highest BCUT2D eigenvalue weighted by Gasteiger charge is 2.14.